The first kappa shape index (κ1) is 22.2. The molecular formula is C25H19F3N2O3. The van der Waals surface area contributed by atoms with Crippen LogP contribution in [0.15, 0.2) is 65.6 Å². The summed E-state index contributed by atoms with van der Waals surface area (Å²) in [4.78, 5) is 25.4. The number of halogens is 3. The fourth-order valence-corrected chi connectivity index (χ4v) is 3.81. The molecule has 5 nitrogen and oxygen atoms in total. The van der Waals surface area contributed by atoms with Gasteiger partial charge in [-0.05, 0) is 28.3 Å². The molecule has 0 radical (unpaired) electrons. The zero-order valence-electron chi connectivity index (χ0n) is 17.3. The molecule has 8 heteroatoms. The van der Waals surface area contributed by atoms with Gasteiger partial charge in [-0.3, -0.25) is 4.79 Å². The van der Waals surface area contributed by atoms with E-state index < -0.39 is 23.4 Å². The van der Waals surface area contributed by atoms with Crippen LogP contribution < -0.4 is 10.9 Å². The molecule has 33 heavy (non-hydrogen) atoms. The molecule has 1 heterocycles. The van der Waals surface area contributed by atoms with Crippen molar-refractivity contribution in [2.75, 3.05) is 13.2 Å². The van der Waals surface area contributed by atoms with Gasteiger partial charge in [-0.15, -0.1) is 0 Å². The summed E-state index contributed by atoms with van der Waals surface area (Å²) < 4.78 is 43.7. The topological polar surface area (TPSA) is 71.2 Å². The number of benzene rings is 2. The molecule has 0 bridgehead atoms. The molecule has 2 N–H and O–H groups in total. The van der Waals surface area contributed by atoms with Crippen molar-refractivity contribution in [3.63, 3.8) is 0 Å². The summed E-state index contributed by atoms with van der Waals surface area (Å²) in [7, 11) is 0. The largest absolute Gasteiger partial charge is 0.449 e. The smallest absolute Gasteiger partial charge is 0.421 e. The predicted molar refractivity (Wildman–Crippen MR) is 117 cm³/mol. The molecule has 2 aromatic carbocycles. The van der Waals surface area contributed by atoms with Crippen LogP contribution >= 0.6 is 0 Å². The van der Waals surface area contributed by atoms with E-state index in [1.54, 1.807) is 0 Å². The van der Waals surface area contributed by atoms with Crippen molar-refractivity contribution in [2.24, 2.45) is 0 Å². The number of carbonyl (C=O) groups excluding carboxylic acids is 1. The second-order valence-corrected chi connectivity index (χ2v) is 7.43. The van der Waals surface area contributed by atoms with Crippen molar-refractivity contribution in [1.29, 1.82) is 0 Å². The van der Waals surface area contributed by atoms with E-state index in [9.17, 15) is 22.8 Å². The van der Waals surface area contributed by atoms with Gasteiger partial charge < -0.3 is 15.0 Å². The first-order valence-corrected chi connectivity index (χ1v) is 10.2. The van der Waals surface area contributed by atoms with Crippen molar-refractivity contribution in [2.45, 2.75) is 18.5 Å². The van der Waals surface area contributed by atoms with E-state index in [4.69, 9.17) is 4.74 Å². The fraction of sp³-hybridized carbons (Fsp3) is 0.200. The number of fused-ring (bicyclic) bond motifs is 3. The highest BCUT2D eigenvalue weighted by Crippen LogP contribution is 2.44. The molecule has 1 amide bonds. The molecule has 0 fully saturated rings. The maximum absolute atomic E-state index is 12.8. The molecule has 1 aromatic heterocycles. The Hall–Kier alpha value is -3.99. The number of amides is 1. The lowest BCUT2D eigenvalue weighted by Gasteiger charge is -2.14. The summed E-state index contributed by atoms with van der Waals surface area (Å²) in [6.45, 7) is 0.349. The van der Waals surface area contributed by atoms with Crippen LogP contribution in [0.25, 0.3) is 11.1 Å². The van der Waals surface area contributed by atoms with Crippen LogP contribution in [-0.2, 0) is 10.9 Å². The maximum atomic E-state index is 12.8. The lowest BCUT2D eigenvalue weighted by Crippen LogP contribution is -2.26. The summed E-state index contributed by atoms with van der Waals surface area (Å²) in [6.07, 6.45) is -4.03. The summed E-state index contributed by atoms with van der Waals surface area (Å²) in [5.41, 5.74) is 1.99. The van der Waals surface area contributed by atoms with Crippen LogP contribution in [-0.4, -0.2) is 24.2 Å². The normalized spacial score (nSPS) is 12.3. The molecule has 3 aromatic rings. The average Bonchev–Trinajstić information content (AvgIpc) is 3.11. The van der Waals surface area contributed by atoms with Crippen molar-refractivity contribution in [3.8, 4) is 23.0 Å². The molecular weight excluding hydrogens is 433 g/mol. The summed E-state index contributed by atoms with van der Waals surface area (Å²) in [6, 6.07) is 16.7. The minimum atomic E-state index is -4.75. The first-order valence-electron chi connectivity index (χ1n) is 10.2. The standard InChI is InChI=1S/C25H19F3N2O3/c26-25(27,28)22-13-16(14-30-23(22)31)7-5-6-12-29-24(32)33-15-21-19-10-3-1-8-17(19)18-9-2-4-11-20(18)21/h1-4,8-11,13-14,21H,6,12,15H2,(H,29,32)(H,30,31). The van der Waals surface area contributed by atoms with Gasteiger partial charge in [0.2, 0.25) is 0 Å². The van der Waals surface area contributed by atoms with E-state index in [2.05, 4.69) is 17.2 Å². The van der Waals surface area contributed by atoms with Crippen molar-refractivity contribution in [3.05, 3.63) is 93.4 Å². The third-order valence-corrected chi connectivity index (χ3v) is 5.30. The molecule has 0 unspecified atom stereocenters. The minimum absolute atomic E-state index is 0.0306. The first-order chi connectivity index (χ1) is 15.8. The minimum Gasteiger partial charge on any atom is -0.449 e. The van der Waals surface area contributed by atoms with Gasteiger partial charge in [-0.1, -0.05) is 60.4 Å². The number of nitrogens with one attached hydrogen (secondary N) is 2. The second-order valence-electron chi connectivity index (χ2n) is 7.43. The molecule has 1 aliphatic carbocycles. The van der Waals surface area contributed by atoms with Crippen molar-refractivity contribution < 1.29 is 22.7 Å². The maximum Gasteiger partial charge on any atom is 0.421 e. The van der Waals surface area contributed by atoms with Crippen molar-refractivity contribution >= 4 is 6.09 Å². The lowest BCUT2D eigenvalue weighted by molar-refractivity contribution is -0.138. The molecule has 0 atom stereocenters. The molecule has 0 spiro atoms. The summed E-state index contributed by atoms with van der Waals surface area (Å²) in [5, 5.41) is 2.58. The molecule has 0 saturated carbocycles. The lowest BCUT2D eigenvalue weighted by atomic mass is 9.98. The van der Waals surface area contributed by atoms with E-state index >= 15 is 0 Å². The van der Waals surface area contributed by atoms with Gasteiger partial charge >= 0.3 is 12.3 Å². The zero-order valence-corrected chi connectivity index (χ0v) is 17.3. The van der Waals surface area contributed by atoms with Gasteiger partial charge in [0.25, 0.3) is 5.56 Å². The van der Waals surface area contributed by atoms with Gasteiger partial charge in [-0.2, -0.15) is 13.2 Å². The number of hydrogen-bond donors (Lipinski definition) is 2. The Bertz CT molecular complexity index is 1260. The van der Waals surface area contributed by atoms with Gasteiger partial charge in [0.1, 0.15) is 12.2 Å². The Morgan fingerprint density at radius 2 is 1.70 bits per heavy atom. The Morgan fingerprint density at radius 3 is 2.33 bits per heavy atom. The Morgan fingerprint density at radius 1 is 1.06 bits per heavy atom. The summed E-state index contributed by atoms with van der Waals surface area (Å²) in [5.74, 6) is 5.16. The third kappa shape index (κ3) is 4.93. The number of pyridine rings is 1. The highest BCUT2D eigenvalue weighted by atomic mass is 19.4. The molecule has 0 saturated heterocycles. The number of alkyl carbamates (subject to hydrolysis) is 1. The molecule has 1 aliphatic rings. The van der Waals surface area contributed by atoms with E-state index in [1.807, 2.05) is 53.5 Å². The van der Waals surface area contributed by atoms with Crippen LogP contribution in [0, 0.1) is 11.8 Å². The number of rotatable bonds is 4. The van der Waals surface area contributed by atoms with E-state index in [0.29, 0.717) is 6.07 Å². The monoisotopic (exact) mass is 452 g/mol. The van der Waals surface area contributed by atoms with Crippen LogP contribution in [0.2, 0.25) is 0 Å². The van der Waals surface area contributed by atoms with Crippen LogP contribution in [0.5, 0.6) is 0 Å². The SMILES string of the molecule is O=C(NCCC#Cc1c[nH]c(=O)c(C(F)(F)F)c1)OCC1c2ccccc2-c2ccccc21. The predicted octanol–water partition coefficient (Wildman–Crippen LogP) is 4.67. The Kier molecular flexibility index (Phi) is 6.22. The van der Waals surface area contributed by atoms with Crippen molar-refractivity contribution in [1.82, 2.24) is 10.3 Å². The quantitative estimate of drug-likeness (QED) is 0.446. The Balaban J connectivity index is 1.29. The highest BCUT2D eigenvalue weighted by molar-refractivity contribution is 5.79. The van der Waals surface area contributed by atoms with Gasteiger partial charge in [0.05, 0.1) is 0 Å². The number of alkyl halides is 3. The van der Waals surface area contributed by atoms with E-state index in [0.717, 1.165) is 28.5 Å². The highest BCUT2D eigenvalue weighted by Gasteiger charge is 2.34. The number of carbonyl (C=O) groups is 1. The van der Waals surface area contributed by atoms with Gasteiger partial charge in [0, 0.05) is 30.6 Å². The summed E-state index contributed by atoms with van der Waals surface area (Å²) >= 11 is 0. The number of H-pyrrole nitrogens is 1. The molecule has 0 aliphatic heterocycles. The number of hydrogen-bond acceptors (Lipinski definition) is 3. The van der Waals surface area contributed by atoms with Crippen LogP contribution in [0.4, 0.5) is 18.0 Å². The number of aromatic amines is 1. The van der Waals surface area contributed by atoms with Crippen LogP contribution in [0.3, 0.4) is 0 Å². The zero-order chi connectivity index (χ0) is 23.4. The third-order valence-electron chi connectivity index (χ3n) is 5.30. The number of aromatic nitrogens is 1. The van der Waals surface area contributed by atoms with Gasteiger partial charge in [-0.25, -0.2) is 4.79 Å². The average molecular weight is 452 g/mol. The van der Waals surface area contributed by atoms with E-state index in [-0.39, 0.29) is 31.1 Å². The molecule has 168 valence electrons. The second kappa shape index (κ2) is 9.25. The fourth-order valence-electron chi connectivity index (χ4n) is 3.81. The molecule has 4 rings (SSSR count). The van der Waals surface area contributed by atoms with E-state index in [1.165, 1.54) is 0 Å². The Labute approximate surface area is 187 Å². The van der Waals surface area contributed by atoms with Crippen LogP contribution in [0.1, 0.15) is 34.6 Å². The number of ether oxygens (including phenoxy) is 1. The van der Waals surface area contributed by atoms with Gasteiger partial charge in [0.15, 0.2) is 0 Å².